The molecule has 0 aliphatic carbocycles. The van der Waals surface area contributed by atoms with Crippen LogP contribution in [0.4, 0.5) is 10.1 Å². The molecule has 3 aliphatic heterocycles. The minimum atomic E-state index is -0.203. The number of benzene rings is 3. The van der Waals surface area contributed by atoms with E-state index in [1.54, 1.807) is 0 Å². The fourth-order valence-electron chi connectivity index (χ4n) is 6.01. The first kappa shape index (κ1) is 21.4. The highest BCUT2D eigenvalue weighted by Gasteiger charge is 2.43. The van der Waals surface area contributed by atoms with Crippen molar-refractivity contribution < 1.29 is 9.18 Å². The van der Waals surface area contributed by atoms with Crippen LogP contribution in [0.25, 0.3) is 0 Å². The predicted octanol–water partition coefficient (Wildman–Crippen LogP) is 4.27. The van der Waals surface area contributed by atoms with E-state index in [0.29, 0.717) is 6.54 Å². The number of hydrogen-bond donors (Lipinski definition) is 0. The SMILES string of the molecule is O=C(C1Cc2ccccc2N2CCN(Cc3ccc(F)cc3)CC12)N1CCc2ccccc2C1. The summed E-state index contributed by atoms with van der Waals surface area (Å²) in [5, 5.41) is 0. The van der Waals surface area contributed by atoms with Crippen molar-refractivity contribution in [3.8, 4) is 0 Å². The minimum Gasteiger partial charge on any atom is -0.365 e. The number of hydrogen-bond acceptors (Lipinski definition) is 3. The molecule has 5 heteroatoms. The molecule has 0 radical (unpaired) electrons. The lowest BCUT2D eigenvalue weighted by Crippen LogP contribution is -2.61. The topological polar surface area (TPSA) is 26.8 Å². The normalized spacial score (nSPS) is 22.0. The molecule has 0 aromatic heterocycles. The van der Waals surface area contributed by atoms with Crippen LogP contribution in [0.1, 0.15) is 22.3 Å². The Hall–Kier alpha value is -3.18. The Bertz CT molecular complexity index is 1190. The highest BCUT2D eigenvalue weighted by atomic mass is 19.1. The zero-order chi connectivity index (χ0) is 23.1. The third-order valence-corrected chi connectivity index (χ3v) is 7.79. The molecule has 1 amide bonds. The van der Waals surface area contributed by atoms with Crippen molar-refractivity contribution in [1.29, 1.82) is 0 Å². The summed E-state index contributed by atoms with van der Waals surface area (Å²) in [7, 11) is 0. The summed E-state index contributed by atoms with van der Waals surface area (Å²) in [5.41, 5.74) is 6.31. The highest BCUT2D eigenvalue weighted by Crippen LogP contribution is 2.37. The van der Waals surface area contributed by atoms with Crippen LogP contribution in [0.2, 0.25) is 0 Å². The molecule has 174 valence electrons. The number of rotatable bonds is 3. The first-order valence-corrected chi connectivity index (χ1v) is 12.3. The molecular weight excluding hydrogens is 425 g/mol. The summed E-state index contributed by atoms with van der Waals surface area (Å²) in [6.45, 7) is 4.95. The van der Waals surface area contributed by atoms with E-state index >= 15 is 0 Å². The van der Waals surface area contributed by atoms with Gasteiger partial charge in [-0.15, -0.1) is 0 Å². The first-order valence-electron chi connectivity index (χ1n) is 12.3. The van der Waals surface area contributed by atoms with Crippen molar-refractivity contribution in [1.82, 2.24) is 9.80 Å². The average Bonchev–Trinajstić information content (AvgIpc) is 2.89. The summed E-state index contributed by atoms with van der Waals surface area (Å²) >= 11 is 0. The van der Waals surface area contributed by atoms with Gasteiger partial charge in [-0.3, -0.25) is 9.69 Å². The Morgan fingerprint density at radius 2 is 1.59 bits per heavy atom. The second-order valence-electron chi connectivity index (χ2n) is 9.84. The highest BCUT2D eigenvalue weighted by molar-refractivity contribution is 5.82. The average molecular weight is 456 g/mol. The van der Waals surface area contributed by atoms with Crippen molar-refractivity contribution in [3.63, 3.8) is 0 Å². The predicted molar refractivity (Wildman–Crippen MR) is 132 cm³/mol. The molecule has 2 atom stereocenters. The van der Waals surface area contributed by atoms with Crippen molar-refractivity contribution in [2.75, 3.05) is 31.1 Å². The number of nitrogens with zero attached hydrogens (tertiary/aromatic N) is 3. The maximum absolute atomic E-state index is 14.0. The number of piperazine rings is 1. The Balaban J connectivity index is 1.26. The van der Waals surface area contributed by atoms with Gasteiger partial charge in [0.25, 0.3) is 0 Å². The van der Waals surface area contributed by atoms with Crippen LogP contribution >= 0.6 is 0 Å². The van der Waals surface area contributed by atoms with E-state index in [4.69, 9.17) is 0 Å². The van der Waals surface area contributed by atoms with Crippen molar-refractivity contribution in [2.45, 2.75) is 32.0 Å². The molecule has 0 saturated carbocycles. The van der Waals surface area contributed by atoms with Crippen LogP contribution in [-0.2, 0) is 30.7 Å². The second kappa shape index (κ2) is 8.88. The molecular formula is C29H30FN3O. The molecule has 34 heavy (non-hydrogen) atoms. The van der Waals surface area contributed by atoms with E-state index in [9.17, 15) is 9.18 Å². The standard InChI is InChI=1S/C29H30FN3O/c30-25-11-9-21(10-12-25)18-31-15-16-33-27-8-4-3-6-23(27)17-26(28(33)20-31)29(34)32-14-13-22-5-1-2-7-24(22)19-32/h1-12,26,28H,13-20H2. The Labute approximate surface area is 200 Å². The van der Waals surface area contributed by atoms with Crippen molar-refractivity contribution in [3.05, 3.63) is 101 Å². The quantitative estimate of drug-likeness (QED) is 0.590. The zero-order valence-corrected chi connectivity index (χ0v) is 19.4. The van der Waals surface area contributed by atoms with Gasteiger partial charge in [-0.2, -0.15) is 0 Å². The number of para-hydroxylation sites is 1. The largest absolute Gasteiger partial charge is 0.365 e. The van der Waals surface area contributed by atoms with Gasteiger partial charge in [0.05, 0.1) is 12.0 Å². The van der Waals surface area contributed by atoms with Gasteiger partial charge >= 0.3 is 0 Å². The lowest BCUT2D eigenvalue weighted by atomic mass is 9.82. The maximum atomic E-state index is 14.0. The van der Waals surface area contributed by atoms with Gasteiger partial charge in [0.2, 0.25) is 5.91 Å². The van der Waals surface area contributed by atoms with E-state index in [-0.39, 0.29) is 23.7 Å². The fourth-order valence-corrected chi connectivity index (χ4v) is 6.01. The Kier molecular flexibility index (Phi) is 5.58. The minimum absolute atomic E-state index is 0.0591. The summed E-state index contributed by atoms with van der Waals surface area (Å²) in [6, 6.07) is 24.0. The summed E-state index contributed by atoms with van der Waals surface area (Å²) in [6.07, 6.45) is 1.72. The summed E-state index contributed by atoms with van der Waals surface area (Å²) in [5.74, 6) is 0.0186. The molecule has 1 fully saturated rings. The number of amides is 1. The van der Waals surface area contributed by atoms with Crippen LogP contribution in [0.15, 0.2) is 72.8 Å². The third-order valence-electron chi connectivity index (χ3n) is 7.79. The number of halogens is 1. The smallest absolute Gasteiger partial charge is 0.228 e. The molecule has 3 heterocycles. The van der Waals surface area contributed by atoms with Gasteiger partial charge in [0.15, 0.2) is 0 Å². The van der Waals surface area contributed by atoms with Crippen LogP contribution in [0.5, 0.6) is 0 Å². The van der Waals surface area contributed by atoms with Crippen molar-refractivity contribution in [2.24, 2.45) is 5.92 Å². The number of carbonyl (C=O) groups is 1. The fraction of sp³-hybridized carbons (Fsp3) is 0.345. The molecule has 3 aromatic carbocycles. The van der Waals surface area contributed by atoms with Crippen LogP contribution in [-0.4, -0.2) is 47.9 Å². The first-order chi connectivity index (χ1) is 16.7. The molecule has 3 aliphatic rings. The molecule has 3 aromatic rings. The van der Waals surface area contributed by atoms with Gasteiger partial charge in [0.1, 0.15) is 5.82 Å². The monoisotopic (exact) mass is 455 g/mol. The van der Waals surface area contributed by atoms with Crippen LogP contribution in [0, 0.1) is 11.7 Å². The molecule has 6 rings (SSSR count). The van der Waals surface area contributed by atoms with Crippen LogP contribution in [0.3, 0.4) is 0 Å². The third kappa shape index (κ3) is 3.98. The molecule has 4 nitrogen and oxygen atoms in total. The van der Waals surface area contributed by atoms with Gasteiger partial charge < -0.3 is 9.80 Å². The van der Waals surface area contributed by atoms with Gasteiger partial charge in [-0.25, -0.2) is 4.39 Å². The van der Waals surface area contributed by atoms with E-state index in [2.05, 4.69) is 63.2 Å². The lowest BCUT2D eigenvalue weighted by molar-refractivity contribution is -0.137. The molecule has 2 unspecified atom stereocenters. The maximum Gasteiger partial charge on any atom is 0.228 e. The van der Waals surface area contributed by atoms with Gasteiger partial charge in [-0.1, -0.05) is 54.6 Å². The number of anilines is 1. The molecule has 0 bridgehead atoms. The van der Waals surface area contributed by atoms with Crippen LogP contribution < -0.4 is 4.90 Å². The molecule has 1 saturated heterocycles. The van der Waals surface area contributed by atoms with E-state index in [1.165, 1.54) is 34.5 Å². The molecule has 0 spiro atoms. The van der Waals surface area contributed by atoms with E-state index < -0.39 is 0 Å². The second-order valence-corrected chi connectivity index (χ2v) is 9.84. The lowest BCUT2D eigenvalue weighted by Gasteiger charge is -2.50. The summed E-state index contributed by atoms with van der Waals surface area (Å²) in [4.78, 5) is 20.9. The number of carbonyl (C=O) groups excluding carboxylic acids is 1. The zero-order valence-electron chi connectivity index (χ0n) is 19.4. The molecule has 0 N–H and O–H groups in total. The Morgan fingerprint density at radius 3 is 2.41 bits per heavy atom. The van der Waals surface area contributed by atoms with Crippen molar-refractivity contribution >= 4 is 11.6 Å². The Morgan fingerprint density at radius 1 is 0.853 bits per heavy atom. The van der Waals surface area contributed by atoms with E-state index in [1.807, 2.05) is 12.1 Å². The van der Waals surface area contributed by atoms with E-state index in [0.717, 1.165) is 51.1 Å². The van der Waals surface area contributed by atoms with Gasteiger partial charge in [-0.05, 0) is 53.3 Å². The summed E-state index contributed by atoms with van der Waals surface area (Å²) < 4.78 is 13.4. The van der Waals surface area contributed by atoms with Gasteiger partial charge in [0, 0.05) is 45.0 Å². The number of fused-ring (bicyclic) bond motifs is 4.